The third kappa shape index (κ3) is 5.35. The molecule has 0 fully saturated rings. The molecule has 0 radical (unpaired) electrons. The molecule has 152 valence electrons. The van der Waals surface area contributed by atoms with Crippen LogP contribution in [0.1, 0.15) is 38.2 Å². The number of methoxy groups -OCH3 is 1. The van der Waals surface area contributed by atoms with Crippen LogP contribution in [0.5, 0.6) is 5.75 Å². The van der Waals surface area contributed by atoms with Crippen molar-refractivity contribution in [1.82, 2.24) is 0 Å². The highest BCUT2D eigenvalue weighted by molar-refractivity contribution is 5.96. The number of carboxylic acid groups (broad SMARTS) is 1. The lowest BCUT2D eigenvalue weighted by Crippen LogP contribution is -2.18. The van der Waals surface area contributed by atoms with E-state index in [1.54, 1.807) is 7.11 Å². The Hall–Kier alpha value is -3.34. The van der Waals surface area contributed by atoms with Crippen molar-refractivity contribution < 1.29 is 20.9 Å². The number of benzene rings is 3. The molecule has 3 aromatic rings. The number of rotatable bonds is 8. The van der Waals surface area contributed by atoms with Crippen LogP contribution in [0, 0.1) is 0 Å². The molecule has 0 saturated carbocycles. The van der Waals surface area contributed by atoms with Gasteiger partial charge in [0.1, 0.15) is 5.75 Å². The quantitative estimate of drug-likeness (QED) is 0.548. The number of carbonyl (C=O) groups is 2. The van der Waals surface area contributed by atoms with Crippen LogP contribution < -0.4 is 10.1 Å². The highest BCUT2D eigenvalue weighted by atomic mass is 16.5. The van der Waals surface area contributed by atoms with Crippen molar-refractivity contribution in [3.63, 3.8) is 0 Å². The molecule has 5 nitrogen and oxygen atoms in total. The predicted molar refractivity (Wildman–Crippen MR) is 117 cm³/mol. The number of anilines is 1. The average Bonchev–Trinajstić information content (AvgIpc) is 2.73. The molecule has 0 saturated heterocycles. The van der Waals surface area contributed by atoms with E-state index in [2.05, 4.69) is 5.32 Å². The molecule has 1 atom stereocenters. The summed E-state index contributed by atoms with van der Waals surface area (Å²) in [5.41, 5.74) is 2.74. The average molecular weight is 393 g/mol. The van der Waals surface area contributed by atoms with E-state index in [0.29, 0.717) is 12.8 Å². The Labute approximate surface area is 171 Å². The van der Waals surface area contributed by atoms with Crippen molar-refractivity contribution in [2.45, 2.75) is 32.1 Å². The summed E-state index contributed by atoms with van der Waals surface area (Å²) in [6, 6.07) is 19.4. The monoisotopic (exact) mass is 393 g/mol. The Kier molecular flexibility index (Phi) is 6.50. The van der Waals surface area contributed by atoms with E-state index < -0.39 is 5.97 Å². The third-order valence-corrected chi connectivity index (χ3v) is 5.04. The van der Waals surface area contributed by atoms with Crippen molar-refractivity contribution in [3.05, 3.63) is 71.8 Å². The summed E-state index contributed by atoms with van der Waals surface area (Å²) >= 11 is 0. The molecular weight excluding hydrogens is 366 g/mol. The van der Waals surface area contributed by atoms with Crippen molar-refractivity contribution in [2.24, 2.45) is 0 Å². The zero-order valence-corrected chi connectivity index (χ0v) is 16.6. The van der Waals surface area contributed by atoms with Gasteiger partial charge in [-0.3, -0.25) is 9.59 Å². The SMILES string of the molecule is COc1ccc2cc(C(C)C(=O)Nc3ccc(CCCC(=O)O)cc3)ccc2c1.[HH]. The molecule has 0 heterocycles. The summed E-state index contributed by atoms with van der Waals surface area (Å²) in [6.45, 7) is 1.89. The van der Waals surface area contributed by atoms with Crippen LogP contribution in [0.2, 0.25) is 0 Å². The molecular formula is C24H27NO4. The molecule has 0 aliphatic carbocycles. The van der Waals surface area contributed by atoms with E-state index >= 15 is 0 Å². The lowest BCUT2D eigenvalue weighted by Gasteiger charge is -2.14. The van der Waals surface area contributed by atoms with Gasteiger partial charge in [-0.25, -0.2) is 0 Å². The Bertz CT molecular complexity index is 1020. The van der Waals surface area contributed by atoms with Gasteiger partial charge in [-0.1, -0.05) is 36.4 Å². The normalized spacial score (nSPS) is 11.8. The van der Waals surface area contributed by atoms with E-state index in [4.69, 9.17) is 9.84 Å². The van der Waals surface area contributed by atoms with Crippen LogP contribution in [-0.2, 0) is 16.0 Å². The van der Waals surface area contributed by atoms with E-state index in [9.17, 15) is 9.59 Å². The minimum Gasteiger partial charge on any atom is -0.497 e. The highest BCUT2D eigenvalue weighted by Gasteiger charge is 2.16. The number of aryl methyl sites for hydroxylation is 1. The second-order valence-electron chi connectivity index (χ2n) is 7.13. The molecule has 0 aliphatic heterocycles. The first-order valence-corrected chi connectivity index (χ1v) is 9.65. The smallest absolute Gasteiger partial charge is 0.303 e. The summed E-state index contributed by atoms with van der Waals surface area (Å²) in [5.74, 6) is -0.341. The minimum absolute atomic E-state index is 0. The van der Waals surface area contributed by atoms with E-state index in [1.807, 2.05) is 67.6 Å². The van der Waals surface area contributed by atoms with Crippen molar-refractivity contribution in [1.29, 1.82) is 0 Å². The zero-order valence-electron chi connectivity index (χ0n) is 16.6. The number of ether oxygens (including phenoxy) is 1. The molecule has 0 bridgehead atoms. The lowest BCUT2D eigenvalue weighted by molar-refractivity contribution is -0.137. The maximum atomic E-state index is 12.7. The number of hydrogen-bond acceptors (Lipinski definition) is 3. The van der Waals surface area contributed by atoms with Gasteiger partial charge < -0.3 is 15.2 Å². The fourth-order valence-corrected chi connectivity index (χ4v) is 3.24. The molecule has 3 rings (SSSR count). The van der Waals surface area contributed by atoms with Crippen LogP contribution in [0.25, 0.3) is 10.8 Å². The Morgan fingerprint density at radius 1 is 1.03 bits per heavy atom. The molecule has 2 N–H and O–H groups in total. The first-order valence-electron chi connectivity index (χ1n) is 9.65. The topological polar surface area (TPSA) is 75.6 Å². The first-order chi connectivity index (χ1) is 14.0. The van der Waals surface area contributed by atoms with Crippen LogP contribution in [0.15, 0.2) is 60.7 Å². The second-order valence-corrected chi connectivity index (χ2v) is 7.13. The number of carboxylic acids is 1. The molecule has 0 aliphatic rings. The summed E-state index contributed by atoms with van der Waals surface area (Å²) in [4.78, 5) is 23.3. The number of carbonyl (C=O) groups excluding carboxylic acids is 1. The Morgan fingerprint density at radius 3 is 2.41 bits per heavy atom. The summed E-state index contributed by atoms with van der Waals surface area (Å²) in [6.07, 6.45) is 1.47. The highest BCUT2D eigenvalue weighted by Crippen LogP contribution is 2.26. The van der Waals surface area contributed by atoms with Gasteiger partial charge in [0.25, 0.3) is 0 Å². The van der Waals surface area contributed by atoms with Crippen molar-refractivity contribution in [3.8, 4) is 5.75 Å². The van der Waals surface area contributed by atoms with Crippen molar-refractivity contribution in [2.75, 3.05) is 12.4 Å². The third-order valence-electron chi connectivity index (χ3n) is 5.04. The minimum atomic E-state index is -0.782. The standard InChI is InChI=1S/C24H25NO4.H2/c1-16(18-8-9-20-15-22(29-2)13-10-19(20)14-18)24(28)25-21-11-6-17(7-12-21)4-3-5-23(26)27;/h6-16H,3-5H2,1-2H3,(H,25,28)(H,26,27);1H. The molecule has 5 heteroatoms. The van der Waals surface area contributed by atoms with Gasteiger partial charge in [0, 0.05) is 13.5 Å². The summed E-state index contributed by atoms with van der Waals surface area (Å²) in [7, 11) is 1.64. The first kappa shape index (κ1) is 20.4. The second kappa shape index (κ2) is 9.24. The van der Waals surface area contributed by atoms with Crippen LogP contribution in [0.3, 0.4) is 0 Å². The fourth-order valence-electron chi connectivity index (χ4n) is 3.24. The molecule has 1 unspecified atom stereocenters. The number of aliphatic carboxylic acids is 1. The fraction of sp³-hybridized carbons (Fsp3) is 0.250. The van der Waals surface area contributed by atoms with E-state index in [1.165, 1.54) is 0 Å². The molecule has 29 heavy (non-hydrogen) atoms. The molecule has 1 amide bonds. The largest absolute Gasteiger partial charge is 0.497 e. The number of hydrogen-bond donors (Lipinski definition) is 2. The van der Waals surface area contributed by atoms with E-state index in [-0.39, 0.29) is 19.7 Å². The number of amides is 1. The predicted octanol–water partition coefficient (Wildman–Crippen LogP) is 5.24. The van der Waals surface area contributed by atoms with Gasteiger partial charge in [0.2, 0.25) is 5.91 Å². The Morgan fingerprint density at radius 2 is 1.72 bits per heavy atom. The van der Waals surface area contributed by atoms with Crippen LogP contribution in [-0.4, -0.2) is 24.1 Å². The molecule has 0 spiro atoms. The molecule has 0 aromatic heterocycles. The maximum absolute atomic E-state index is 12.7. The van der Waals surface area contributed by atoms with Gasteiger partial charge >= 0.3 is 5.97 Å². The molecule has 3 aromatic carbocycles. The lowest BCUT2D eigenvalue weighted by atomic mass is 9.97. The summed E-state index contributed by atoms with van der Waals surface area (Å²) < 4.78 is 5.25. The van der Waals surface area contributed by atoms with Crippen LogP contribution in [0.4, 0.5) is 5.69 Å². The van der Waals surface area contributed by atoms with Crippen LogP contribution >= 0.6 is 0 Å². The van der Waals surface area contributed by atoms with Gasteiger partial charge in [-0.15, -0.1) is 0 Å². The van der Waals surface area contributed by atoms with Gasteiger partial charge in [-0.2, -0.15) is 0 Å². The van der Waals surface area contributed by atoms with Gasteiger partial charge in [0.05, 0.1) is 13.0 Å². The van der Waals surface area contributed by atoms with Gasteiger partial charge in [-0.05, 0) is 65.9 Å². The maximum Gasteiger partial charge on any atom is 0.303 e. The van der Waals surface area contributed by atoms with E-state index in [0.717, 1.165) is 33.3 Å². The zero-order chi connectivity index (χ0) is 20.8. The summed E-state index contributed by atoms with van der Waals surface area (Å²) in [5, 5.41) is 13.8. The van der Waals surface area contributed by atoms with Crippen molar-refractivity contribution >= 4 is 28.3 Å². The number of nitrogens with one attached hydrogen (secondary N) is 1. The number of fused-ring (bicyclic) bond motifs is 1. The Balaban J connectivity index is 0.00000320. The van der Waals surface area contributed by atoms with Gasteiger partial charge in [0.15, 0.2) is 0 Å².